The van der Waals surface area contributed by atoms with Gasteiger partial charge in [0.1, 0.15) is 23.3 Å². The quantitative estimate of drug-likeness (QED) is 0.100. The van der Waals surface area contributed by atoms with Crippen molar-refractivity contribution in [3.05, 3.63) is 154 Å². The van der Waals surface area contributed by atoms with Crippen LogP contribution in [0.1, 0.15) is 35.6 Å². The summed E-state index contributed by atoms with van der Waals surface area (Å²) in [5, 5.41) is -0.0876. The van der Waals surface area contributed by atoms with Crippen LogP contribution in [0.15, 0.2) is 91.0 Å². The SMILES string of the molecule is CCCc1ccc(-c2cc(C)c(C#Cc3ccc(-c4ccc(-c5ccc6c(F)c(F)c(F)cc6c5)c(F)c4)c(F)c3)c(F)c2)c(F)c1. The molecule has 6 aromatic carbocycles. The van der Waals surface area contributed by atoms with Crippen LogP contribution in [-0.2, 0) is 6.42 Å². The molecule has 0 aromatic heterocycles. The zero-order valence-corrected chi connectivity index (χ0v) is 25.2. The Labute approximate surface area is 267 Å². The van der Waals surface area contributed by atoms with Crippen LogP contribution in [0, 0.1) is 59.5 Å². The van der Waals surface area contributed by atoms with Gasteiger partial charge >= 0.3 is 0 Å². The fraction of sp³-hybridized carbons (Fsp3) is 0.100. The van der Waals surface area contributed by atoms with Gasteiger partial charge in [0.15, 0.2) is 17.5 Å². The molecule has 47 heavy (non-hydrogen) atoms. The van der Waals surface area contributed by atoms with Gasteiger partial charge in [-0.1, -0.05) is 67.6 Å². The monoisotopic (exact) mass is 638 g/mol. The molecule has 234 valence electrons. The summed E-state index contributed by atoms with van der Waals surface area (Å²) in [5.74, 6) is -1.21. The largest absolute Gasteiger partial charge is 0.206 e. The van der Waals surface area contributed by atoms with Crippen LogP contribution >= 0.6 is 0 Å². The van der Waals surface area contributed by atoms with E-state index in [1.807, 2.05) is 13.0 Å². The molecule has 0 spiro atoms. The summed E-state index contributed by atoms with van der Waals surface area (Å²) < 4.78 is 102. The van der Waals surface area contributed by atoms with Gasteiger partial charge in [0.05, 0.1) is 5.56 Å². The molecule has 6 rings (SSSR count). The highest BCUT2D eigenvalue weighted by Gasteiger charge is 2.16. The van der Waals surface area contributed by atoms with Crippen molar-refractivity contribution in [1.29, 1.82) is 0 Å². The summed E-state index contributed by atoms with van der Waals surface area (Å²) in [4.78, 5) is 0. The van der Waals surface area contributed by atoms with Gasteiger partial charge in [0.25, 0.3) is 0 Å². The van der Waals surface area contributed by atoms with Crippen LogP contribution in [0.4, 0.5) is 30.7 Å². The van der Waals surface area contributed by atoms with Crippen LogP contribution in [0.2, 0.25) is 0 Å². The Morgan fingerprint density at radius 2 is 1.13 bits per heavy atom. The molecule has 7 heteroatoms. The van der Waals surface area contributed by atoms with Gasteiger partial charge in [-0.25, -0.2) is 30.7 Å². The number of rotatable bonds is 5. The zero-order valence-electron chi connectivity index (χ0n) is 25.2. The van der Waals surface area contributed by atoms with Crippen molar-refractivity contribution in [3.8, 4) is 45.2 Å². The molecule has 0 saturated carbocycles. The molecule has 0 amide bonds. The molecule has 0 aliphatic carbocycles. The molecule has 0 bridgehead atoms. The van der Waals surface area contributed by atoms with Crippen molar-refractivity contribution >= 4 is 10.8 Å². The van der Waals surface area contributed by atoms with Gasteiger partial charge in [-0.2, -0.15) is 0 Å². The van der Waals surface area contributed by atoms with Crippen LogP contribution in [0.5, 0.6) is 0 Å². The van der Waals surface area contributed by atoms with Crippen molar-refractivity contribution in [3.63, 3.8) is 0 Å². The van der Waals surface area contributed by atoms with Gasteiger partial charge in [-0.3, -0.25) is 0 Å². The molecule has 0 aliphatic rings. The average molecular weight is 639 g/mol. The third kappa shape index (κ3) is 6.24. The predicted octanol–water partition coefficient (Wildman–Crippen LogP) is 11.5. The van der Waals surface area contributed by atoms with E-state index in [9.17, 15) is 17.6 Å². The third-order valence-corrected chi connectivity index (χ3v) is 8.04. The number of hydrogen-bond acceptors (Lipinski definition) is 0. The summed E-state index contributed by atoms with van der Waals surface area (Å²) in [6, 6.07) is 20.8. The van der Waals surface area contributed by atoms with E-state index < -0.39 is 40.7 Å². The average Bonchev–Trinajstić information content (AvgIpc) is 3.03. The van der Waals surface area contributed by atoms with Crippen LogP contribution in [-0.4, -0.2) is 0 Å². The molecule has 0 N–H and O–H groups in total. The van der Waals surface area contributed by atoms with Crippen LogP contribution in [0.3, 0.4) is 0 Å². The number of hydrogen-bond donors (Lipinski definition) is 0. The first kappa shape index (κ1) is 31.6. The molecule has 0 saturated heterocycles. The third-order valence-electron chi connectivity index (χ3n) is 8.04. The van der Waals surface area contributed by atoms with Crippen LogP contribution in [0.25, 0.3) is 44.2 Å². The van der Waals surface area contributed by atoms with Gasteiger partial charge in [-0.05, 0) is 95.1 Å². The summed E-state index contributed by atoms with van der Waals surface area (Å²) in [6.45, 7) is 3.67. The number of fused-ring (bicyclic) bond motifs is 1. The first-order chi connectivity index (χ1) is 22.5. The lowest BCUT2D eigenvalue weighted by atomic mass is 9.96. The van der Waals surface area contributed by atoms with Crippen molar-refractivity contribution in [1.82, 2.24) is 0 Å². The van der Waals surface area contributed by atoms with E-state index in [0.29, 0.717) is 16.7 Å². The first-order valence-electron chi connectivity index (χ1n) is 14.8. The Morgan fingerprint density at radius 1 is 0.511 bits per heavy atom. The standard InChI is InChI=1S/C40H25F7/c1-3-4-23-6-12-32(35(42)16-23)27-15-22(2)29(36(43)20-27)10-5-24-7-11-30(34(41)17-24)26-8-13-31(37(44)19-26)25-9-14-33-28(18-25)21-38(45)40(47)39(33)46/h6-9,11-21H,3-4H2,1-2H3. The zero-order chi connectivity index (χ0) is 33.4. The van der Waals surface area contributed by atoms with E-state index in [1.165, 1.54) is 54.6 Å². The maximum Gasteiger partial charge on any atom is 0.195 e. The summed E-state index contributed by atoms with van der Waals surface area (Å²) >= 11 is 0. The maximum atomic E-state index is 15.2. The Balaban J connectivity index is 1.25. The van der Waals surface area contributed by atoms with Gasteiger partial charge in [0.2, 0.25) is 0 Å². The van der Waals surface area contributed by atoms with Gasteiger partial charge in [-0.15, -0.1) is 0 Å². The summed E-state index contributed by atoms with van der Waals surface area (Å²) in [6.07, 6.45) is 1.63. The molecule has 0 nitrogen and oxygen atoms in total. The van der Waals surface area contributed by atoms with E-state index in [-0.39, 0.29) is 44.2 Å². The molecule has 0 unspecified atom stereocenters. The number of halogens is 7. The molecular weight excluding hydrogens is 613 g/mol. The Bertz CT molecular complexity index is 2230. The highest BCUT2D eigenvalue weighted by atomic mass is 19.2. The minimum atomic E-state index is -1.59. The Hall–Kier alpha value is -5.35. The molecule has 6 aromatic rings. The second-order valence-corrected chi connectivity index (χ2v) is 11.3. The first-order valence-corrected chi connectivity index (χ1v) is 14.8. The molecule has 0 radical (unpaired) electrons. The van der Waals surface area contributed by atoms with E-state index in [1.54, 1.807) is 19.1 Å². The van der Waals surface area contributed by atoms with Gasteiger partial charge < -0.3 is 0 Å². The van der Waals surface area contributed by atoms with E-state index in [0.717, 1.165) is 36.6 Å². The van der Waals surface area contributed by atoms with Crippen molar-refractivity contribution < 1.29 is 30.7 Å². The van der Waals surface area contributed by atoms with Crippen molar-refractivity contribution in [2.45, 2.75) is 26.7 Å². The minimum Gasteiger partial charge on any atom is -0.206 e. The van der Waals surface area contributed by atoms with E-state index in [4.69, 9.17) is 0 Å². The lowest BCUT2D eigenvalue weighted by Crippen LogP contribution is -1.94. The lowest BCUT2D eigenvalue weighted by Gasteiger charge is -2.10. The Morgan fingerprint density at radius 3 is 1.81 bits per heavy atom. The Kier molecular flexibility index (Phi) is 8.62. The molecular formula is C40H25F7. The smallest absolute Gasteiger partial charge is 0.195 e. The van der Waals surface area contributed by atoms with E-state index in [2.05, 4.69) is 11.8 Å². The fourth-order valence-electron chi connectivity index (χ4n) is 5.65. The molecule has 0 aliphatic heterocycles. The van der Waals surface area contributed by atoms with E-state index >= 15 is 13.2 Å². The summed E-state index contributed by atoms with van der Waals surface area (Å²) in [5.41, 5.74) is 3.12. The highest BCUT2D eigenvalue weighted by Crippen LogP contribution is 2.33. The lowest BCUT2D eigenvalue weighted by molar-refractivity contribution is 0.453. The molecule has 0 atom stereocenters. The number of aryl methyl sites for hydroxylation is 2. The van der Waals surface area contributed by atoms with Gasteiger partial charge in [0, 0.05) is 27.6 Å². The predicted molar refractivity (Wildman–Crippen MR) is 171 cm³/mol. The second-order valence-electron chi connectivity index (χ2n) is 11.3. The fourth-order valence-corrected chi connectivity index (χ4v) is 5.65. The highest BCUT2D eigenvalue weighted by molar-refractivity contribution is 5.88. The molecule has 0 heterocycles. The molecule has 0 fully saturated rings. The topological polar surface area (TPSA) is 0 Å². The van der Waals surface area contributed by atoms with Crippen molar-refractivity contribution in [2.24, 2.45) is 0 Å². The summed E-state index contributed by atoms with van der Waals surface area (Å²) in [7, 11) is 0. The second kappa shape index (κ2) is 12.8. The number of benzene rings is 6. The normalized spacial score (nSPS) is 11.1. The maximum absolute atomic E-state index is 15.2. The minimum absolute atomic E-state index is 0.0575. The van der Waals surface area contributed by atoms with Crippen molar-refractivity contribution in [2.75, 3.05) is 0 Å². The van der Waals surface area contributed by atoms with Crippen LogP contribution < -0.4 is 0 Å².